The van der Waals surface area contributed by atoms with Crippen molar-refractivity contribution in [2.75, 3.05) is 13.1 Å². The number of hydrogen-bond acceptors (Lipinski definition) is 1. The maximum absolute atomic E-state index is 3.68. The van der Waals surface area contributed by atoms with Gasteiger partial charge in [-0.05, 0) is 49.6 Å². The van der Waals surface area contributed by atoms with Crippen LogP contribution < -0.4 is 5.32 Å². The van der Waals surface area contributed by atoms with Crippen molar-refractivity contribution >= 4 is 0 Å². The van der Waals surface area contributed by atoms with E-state index in [0.717, 1.165) is 23.7 Å². The molecule has 2 atom stereocenters. The molecule has 0 radical (unpaired) electrons. The van der Waals surface area contributed by atoms with Crippen LogP contribution >= 0.6 is 0 Å². The van der Waals surface area contributed by atoms with E-state index in [-0.39, 0.29) is 0 Å². The number of hydrogen-bond donors (Lipinski definition) is 1. The van der Waals surface area contributed by atoms with Crippen molar-refractivity contribution in [1.82, 2.24) is 5.32 Å². The molecule has 2 rings (SSSR count). The highest BCUT2D eigenvalue weighted by atomic mass is 14.9. The summed E-state index contributed by atoms with van der Waals surface area (Å²) in [5.41, 5.74) is 0. The van der Waals surface area contributed by atoms with Gasteiger partial charge in [-0.2, -0.15) is 0 Å². The Balaban J connectivity index is 1.74. The van der Waals surface area contributed by atoms with E-state index in [0.29, 0.717) is 0 Å². The molecular formula is C15H29N. The minimum atomic E-state index is 0.798. The van der Waals surface area contributed by atoms with Gasteiger partial charge >= 0.3 is 0 Å². The molecule has 2 fully saturated rings. The summed E-state index contributed by atoms with van der Waals surface area (Å²) in [6.45, 7) is 7.10. The van der Waals surface area contributed by atoms with E-state index in [4.69, 9.17) is 0 Å². The molecular weight excluding hydrogens is 194 g/mol. The molecule has 0 heterocycles. The van der Waals surface area contributed by atoms with Crippen molar-refractivity contribution in [1.29, 1.82) is 0 Å². The van der Waals surface area contributed by atoms with Gasteiger partial charge in [-0.3, -0.25) is 0 Å². The highest BCUT2D eigenvalue weighted by Crippen LogP contribution is 2.43. The van der Waals surface area contributed by atoms with Gasteiger partial charge in [-0.25, -0.2) is 0 Å². The lowest BCUT2D eigenvalue weighted by molar-refractivity contribution is 0.256. The fourth-order valence-electron chi connectivity index (χ4n) is 3.88. The second kappa shape index (κ2) is 6.05. The zero-order valence-electron chi connectivity index (χ0n) is 11.2. The zero-order chi connectivity index (χ0) is 11.4. The third-order valence-corrected chi connectivity index (χ3v) is 4.68. The topological polar surface area (TPSA) is 12.0 Å². The van der Waals surface area contributed by atoms with Gasteiger partial charge in [-0.15, -0.1) is 0 Å². The third kappa shape index (κ3) is 3.23. The van der Waals surface area contributed by atoms with Crippen LogP contribution in [-0.2, 0) is 0 Å². The highest BCUT2D eigenvalue weighted by molar-refractivity contribution is 4.86. The van der Waals surface area contributed by atoms with Crippen LogP contribution in [0.2, 0.25) is 0 Å². The van der Waals surface area contributed by atoms with E-state index in [9.17, 15) is 0 Å². The fourth-order valence-corrected chi connectivity index (χ4v) is 3.88. The molecule has 2 unspecified atom stereocenters. The van der Waals surface area contributed by atoms with Gasteiger partial charge in [0.2, 0.25) is 0 Å². The van der Waals surface area contributed by atoms with E-state index in [1.54, 1.807) is 0 Å². The molecule has 2 saturated carbocycles. The SMILES string of the molecule is CC(C)CNCC1CCCC1C1CCCC1. The van der Waals surface area contributed by atoms with Crippen LogP contribution in [-0.4, -0.2) is 13.1 Å². The van der Waals surface area contributed by atoms with Crippen molar-refractivity contribution in [2.45, 2.75) is 58.8 Å². The first-order chi connectivity index (χ1) is 7.77. The molecule has 0 aromatic heterocycles. The average molecular weight is 223 g/mol. The van der Waals surface area contributed by atoms with E-state index in [1.165, 1.54) is 58.0 Å². The Labute approximate surface area is 101 Å². The van der Waals surface area contributed by atoms with Gasteiger partial charge < -0.3 is 5.32 Å². The van der Waals surface area contributed by atoms with E-state index in [1.807, 2.05) is 0 Å². The molecule has 94 valence electrons. The molecule has 0 aliphatic heterocycles. The Morgan fingerprint density at radius 1 is 1.00 bits per heavy atom. The Bertz CT molecular complexity index is 194. The van der Waals surface area contributed by atoms with Crippen LogP contribution in [0.25, 0.3) is 0 Å². The molecule has 0 amide bonds. The summed E-state index contributed by atoms with van der Waals surface area (Å²) >= 11 is 0. The van der Waals surface area contributed by atoms with Gasteiger partial charge in [0.1, 0.15) is 0 Å². The van der Waals surface area contributed by atoms with Crippen LogP contribution in [0.15, 0.2) is 0 Å². The van der Waals surface area contributed by atoms with E-state index in [2.05, 4.69) is 19.2 Å². The van der Waals surface area contributed by atoms with Crippen LogP contribution in [0.3, 0.4) is 0 Å². The molecule has 0 aromatic carbocycles. The number of nitrogens with one attached hydrogen (secondary N) is 1. The molecule has 0 bridgehead atoms. The van der Waals surface area contributed by atoms with Crippen LogP contribution in [0.1, 0.15) is 58.8 Å². The maximum atomic E-state index is 3.68. The second-order valence-electron chi connectivity index (χ2n) is 6.45. The van der Waals surface area contributed by atoms with Gasteiger partial charge in [0.05, 0.1) is 0 Å². The maximum Gasteiger partial charge on any atom is -0.00177 e. The highest BCUT2D eigenvalue weighted by Gasteiger charge is 2.34. The lowest BCUT2D eigenvalue weighted by Gasteiger charge is -2.26. The largest absolute Gasteiger partial charge is 0.316 e. The molecule has 0 aromatic rings. The lowest BCUT2D eigenvalue weighted by Crippen LogP contribution is -2.30. The van der Waals surface area contributed by atoms with Crippen LogP contribution in [0.5, 0.6) is 0 Å². The second-order valence-corrected chi connectivity index (χ2v) is 6.45. The van der Waals surface area contributed by atoms with Crippen molar-refractivity contribution in [2.24, 2.45) is 23.7 Å². The molecule has 1 nitrogen and oxygen atoms in total. The Kier molecular flexibility index (Phi) is 4.69. The molecule has 2 aliphatic rings. The first kappa shape index (κ1) is 12.4. The van der Waals surface area contributed by atoms with Crippen LogP contribution in [0.4, 0.5) is 0 Å². The molecule has 1 N–H and O–H groups in total. The summed E-state index contributed by atoms with van der Waals surface area (Å²) in [6.07, 6.45) is 10.6. The van der Waals surface area contributed by atoms with E-state index < -0.39 is 0 Å². The Hall–Kier alpha value is -0.0400. The van der Waals surface area contributed by atoms with Crippen molar-refractivity contribution < 1.29 is 0 Å². The monoisotopic (exact) mass is 223 g/mol. The lowest BCUT2D eigenvalue weighted by atomic mass is 9.83. The summed E-state index contributed by atoms with van der Waals surface area (Å²) in [5.74, 6) is 3.96. The smallest absolute Gasteiger partial charge is 0.00177 e. The summed E-state index contributed by atoms with van der Waals surface area (Å²) < 4.78 is 0. The predicted molar refractivity (Wildman–Crippen MR) is 70.5 cm³/mol. The average Bonchev–Trinajstić information content (AvgIpc) is 2.84. The van der Waals surface area contributed by atoms with Crippen molar-refractivity contribution in [3.05, 3.63) is 0 Å². The summed E-state index contributed by atoms with van der Waals surface area (Å²) in [4.78, 5) is 0. The minimum absolute atomic E-state index is 0.798. The molecule has 0 spiro atoms. The Morgan fingerprint density at radius 2 is 1.75 bits per heavy atom. The minimum Gasteiger partial charge on any atom is -0.316 e. The van der Waals surface area contributed by atoms with Gasteiger partial charge in [-0.1, -0.05) is 46.0 Å². The molecule has 0 saturated heterocycles. The normalized spacial score (nSPS) is 31.7. The van der Waals surface area contributed by atoms with Crippen molar-refractivity contribution in [3.8, 4) is 0 Å². The number of rotatable bonds is 5. The summed E-state index contributed by atoms with van der Waals surface area (Å²) in [6, 6.07) is 0. The fraction of sp³-hybridized carbons (Fsp3) is 1.00. The van der Waals surface area contributed by atoms with Crippen LogP contribution in [0, 0.1) is 23.7 Å². The zero-order valence-corrected chi connectivity index (χ0v) is 11.2. The standard InChI is InChI=1S/C15H29N/c1-12(2)10-16-11-14-8-5-9-15(14)13-6-3-4-7-13/h12-16H,3-11H2,1-2H3. The molecule has 2 aliphatic carbocycles. The first-order valence-corrected chi connectivity index (χ1v) is 7.48. The third-order valence-electron chi connectivity index (χ3n) is 4.68. The summed E-state index contributed by atoms with van der Waals surface area (Å²) in [5, 5.41) is 3.68. The quantitative estimate of drug-likeness (QED) is 0.747. The predicted octanol–water partition coefficient (Wildman–Crippen LogP) is 3.84. The molecule has 1 heteroatoms. The van der Waals surface area contributed by atoms with Crippen molar-refractivity contribution in [3.63, 3.8) is 0 Å². The molecule has 16 heavy (non-hydrogen) atoms. The Morgan fingerprint density at radius 3 is 2.44 bits per heavy atom. The van der Waals surface area contributed by atoms with E-state index >= 15 is 0 Å². The van der Waals surface area contributed by atoms with Gasteiger partial charge in [0, 0.05) is 0 Å². The first-order valence-electron chi connectivity index (χ1n) is 7.48. The summed E-state index contributed by atoms with van der Waals surface area (Å²) in [7, 11) is 0. The van der Waals surface area contributed by atoms with Gasteiger partial charge in [0.25, 0.3) is 0 Å². The van der Waals surface area contributed by atoms with Gasteiger partial charge in [0.15, 0.2) is 0 Å².